The summed E-state index contributed by atoms with van der Waals surface area (Å²) >= 11 is 7.29. The first-order chi connectivity index (χ1) is 9.04. The maximum absolute atomic E-state index is 6.48. The SMILES string of the molecule is Cc1cc(Br)c(C(N)CC2CC3CCC2C3)cc1Br. The van der Waals surface area contributed by atoms with Crippen molar-refractivity contribution in [2.24, 2.45) is 23.5 Å². The van der Waals surface area contributed by atoms with Gasteiger partial charge in [-0.3, -0.25) is 0 Å². The molecule has 0 radical (unpaired) electrons. The molecule has 104 valence electrons. The lowest BCUT2D eigenvalue weighted by Crippen LogP contribution is -2.20. The molecule has 2 N–H and O–H groups in total. The van der Waals surface area contributed by atoms with Crippen molar-refractivity contribution in [2.75, 3.05) is 0 Å². The highest BCUT2D eigenvalue weighted by atomic mass is 79.9. The van der Waals surface area contributed by atoms with Gasteiger partial charge in [-0.25, -0.2) is 0 Å². The van der Waals surface area contributed by atoms with Gasteiger partial charge in [0.2, 0.25) is 0 Å². The van der Waals surface area contributed by atoms with Crippen LogP contribution in [0.4, 0.5) is 0 Å². The summed E-state index contributed by atoms with van der Waals surface area (Å²) in [6.07, 6.45) is 6.95. The van der Waals surface area contributed by atoms with Gasteiger partial charge < -0.3 is 5.73 Å². The summed E-state index contributed by atoms with van der Waals surface area (Å²) in [7, 11) is 0. The molecule has 4 unspecified atom stereocenters. The lowest BCUT2D eigenvalue weighted by Gasteiger charge is -2.25. The molecule has 0 spiro atoms. The van der Waals surface area contributed by atoms with Gasteiger partial charge in [0.05, 0.1) is 0 Å². The molecule has 2 bridgehead atoms. The molecule has 1 aromatic carbocycles. The maximum Gasteiger partial charge on any atom is 0.0309 e. The van der Waals surface area contributed by atoms with E-state index in [0.717, 1.165) is 33.1 Å². The number of rotatable bonds is 3. The minimum Gasteiger partial charge on any atom is -0.324 e. The molecule has 0 aromatic heterocycles. The molecule has 4 atom stereocenters. The van der Waals surface area contributed by atoms with Gasteiger partial charge in [-0.05, 0) is 73.6 Å². The van der Waals surface area contributed by atoms with Gasteiger partial charge in [-0.1, -0.05) is 38.3 Å². The highest BCUT2D eigenvalue weighted by Crippen LogP contribution is 2.51. The highest BCUT2D eigenvalue weighted by Gasteiger charge is 2.39. The van der Waals surface area contributed by atoms with Gasteiger partial charge in [-0.2, -0.15) is 0 Å². The predicted octanol–water partition coefficient (Wildman–Crippen LogP) is 5.35. The molecule has 0 heterocycles. The average molecular weight is 387 g/mol. The van der Waals surface area contributed by atoms with Gasteiger partial charge >= 0.3 is 0 Å². The third-order valence-electron chi connectivity index (χ3n) is 5.12. The van der Waals surface area contributed by atoms with Crippen LogP contribution in [0.2, 0.25) is 0 Å². The largest absolute Gasteiger partial charge is 0.324 e. The van der Waals surface area contributed by atoms with Crippen molar-refractivity contribution in [3.8, 4) is 0 Å². The summed E-state index contributed by atoms with van der Waals surface area (Å²) in [6, 6.07) is 4.52. The second-order valence-electron chi connectivity index (χ2n) is 6.40. The summed E-state index contributed by atoms with van der Waals surface area (Å²) in [6.45, 7) is 2.11. The first-order valence-electron chi connectivity index (χ1n) is 7.25. The first-order valence-corrected chi connectivity index (χ1v) is 8.84. The van der Waals surface area contributed by atoms with E-state index in [-0.39, 0.29) is 6.04 Å². The van der Waals surface area contributed by atoms with E-state index in [9.17, 15) is 0 Å². The van der Waals surface area contributed by atoms with Crippen molar-refractivity contribution in [2.45, 2.75) is 45.1 Å². The minimum absolute atomic E-state index is 0.163. The van der Waals surface area contributed by atoms with Crippen LogP contribution in [0.3, 0.4) is 0 Å². The molecule has 0 amide bonds. The monoisotopic (exact) mass is 385 g/mol. The van der Waals surface area contributed by atoms with E-state index in [1.807, 2.05) is 0 Å². The second kappa shape index (κ2) is 5.50. The van der Waals surface area contributed by atoms with Crippen molar-refractivity contribution in [1.82, 2.24) is 0 Å². The second-order valence-corrected chi connectivity index (χ2v) is 8.11. The van der Waals surface area contributed by atoms with E-state index in [4.69, 9.17) is 5.73 Å². The van der Waals surface area contributed by atoms with Crippen LogP contribution < -0.4 is 5.73 Å². The fraction of sp³-hybridized carbons (Fsp3) is 0.625. The van der Waals surface area contributed by atoms with Crippen LogP contribution in [0.25, 0.3) is 0 Å². The molecular weight excluding hydrogens is 366 g/mol. The molecule has 2 fully saturated rings. The molecule has 19 heavy (non-hydrogen) atoms. The van der Waals surface area contributed by atoms with Gasteiger partial charge in [0.1, 0.15) is 0 Å². The summed E-state index contributed by atoms with van der Waals surface area (Å²) in [5, 5.41) is 0. The Morgan fingerprint density at radius 3 is 2.63 bits per heavy atom. The Labute approximate surface area is 132 Å². The standard InChI is InChI=1S/C16H21Br2N/c1-9-4-15(18)13(8-14(9)17)16(19)7-12-6-10-2-3-11(12)5-10/h4,8,10-12,16H,2-3,5-7,19H2,1H3. The van der Waals surface area contributed by atoms with E-state index >= 15 is 0 Å². The number of halogens is 2. The van der Waals surface area contributed by atoms with Crippen LogP contribution >= 0.6 is 31.9 Å². The van der Waals surface area contributed by atoms with Crippen molar-refractivity contribution in [3.63, 3.8) is 0 Å². The Hall–Kier alpha value is 0.140. The normalized spacial score (nSPS) is 30.8. The van der Waals surface area contributed by atoms with E-state index < -0.39 is 0 Å². The van der Waals surface area contributed by atoms with Crippen LogP contribution in [-0.4, -0.2) is 0 Å². The fourth-order valence-electron chi connectivity index (χ4n) is 4.06. The maximum atomic E-state index is 6.48. The van der Waals surface area contributed by atoms with Crippen LogP contribution in [0, 0.1) is 24.7 Å². The Bertz CT molecular complexity index is 486. The third kappa shape index (κ3) is 2.79. The molecular formula is C16H21Br2N. The van der Waals surface area contributed by atoms with Crippen molar-refractivity contribution in [3.05, 3.63) is 32.2 Å². The summed E-state index contributed by atoms with van der Waals surface area (Å²) in [5.74, 6) is 2.83. The third-order valence-corrected chi connectivity index (χ3v) is 6.66. The molecule has 2 aliphatic rings. The number of aryl methyl sites for hydroxylation is 1. The first kappa shape index (κ1) is 14.1. The van der Waals surface area contributed by atoms with Crippen LogP contribution in [0.5, 0.6) is 0 Å². The van der Waals surface area contributed by atoms with E-state index in [0.29, 0.717) is 0 Å². The zero-order valence-electron chi connectivity index (χ0n) is 11.3. The van der Waals surface area contributed by atoms with Crippen LogP contribution in [0.15, 0.2) is 21.1 Å². The fourth-order valence-corrected chi connectivity index (χ4v) is 5.18. The molecule has 3 heteroatoms. The van der Waals surface area contributed by atoms with Crippen molar-refractivity contribution in [1.29, 1.82) is 0 Å². The van der Waals surface area contributed by atoms with Crippen LogP contribution in [-0.2, 0) is 0 Å². The molecule has 1 nitrogen and oxygen atoms in total. The average Bonchev–Trinajstić information content (AvgIpc) is 2.95. The van der Waals surface area contributed by atoms with E-state index in [1.165, 1.54) is 36.8 Å². The number of hydrogen-bond donors (Lipinski definition) is 1. The minimum atomic E-state index is 0.163. The Kier molecular flexibility index (Phi) is 4.08. The smallest absolute Gasteiger partial charge is 0.0309 e. The quantitative estimate of drug-likeness (QED) is 0.744. The zero-order valence-corrected chi connectivity index (χ0v) is 14.5. The number of nitrogens with two attached hydrogens (primary N) is 1. The Balaban J connectivity index is 1.73. The van der Waals surface area contributed by atoms with E-state index in [1.54, 1.807) is 0 Å². The molecule has 3 rings (SSSR count). The number of fused-ring (bicyclic) bond motifs is 2. The Morgan fingerprint density at radius 2 is 2.00 bits per heavy atom. The lowest BCUT2D eigenvalue weighted by molar-refractivity contribution is 0.296. The molecule has 2 aliphatic carbocycles. The number of hydrogen-bond acceptors (Lipinski definition) is 1. The number of benzene rings is 1. The lowest BCUT2D eigenvalue weighted by atomic mass is 9.83. The molecule has 0 aliphatic heterocycles. The van der Waals surface area contributed by atoms with Crippen molar-refractivity contribution < 1.29 is 0 Å². The molecule has 0 saturated heterocycles. The summed E-state index contributed by atoms with van der Waals surface area (Å²) in [5.41, 5.74) is 8.98. The van der Waals surface area contributed by atoms with Crippen LogP contribution in [0.1, 0.15) is 49.3 Å². The molecule has 1 aromatic rings. The topological polar surface area (TPSA) is 26.0 Å². The van der Waals surface area contributed by atoms with Gasteiger partial charge in [0, 0.05) is 15.0 Å². The molecule has 2 saturated carbocycles. The Morgan fingerprint density at radius 1 is 1.21 bits per heavy atom. The van der Waals surface area contributed by atoms with E-state index in [2.05, 4.69) is 50.9 Å². The summed E-state index contributed by atoms with van der Waals surface area (Å²) < 4.78 is 2.32. The van der Waals surface area contributed by atoms with Gasteiger partial charge in [-0.15, -0.1) is 0 Å². The predicted molar refractivity (Wildman–Crippen MR) is 87.1 cm³/mol. The van der Waals surface area contributed by atoms with Crippen molar-refractivity contribution >= 4 is 31.9 Å². The highest BCUT2D eigenvalue weighted by molar-refractivity contribution is 9.11. The zero-order chi connectivity index (χ0) is 13.6. The van der Waals surface area contributed by atoms with Gasteiger partial charge in [0.15, 0.2) is 0 Å². The van der Waals surface area contributed by atoms with Gasteiger partial charge in [0.25, 0.3) is 0 Å². The summed E-state index contributed by atoms with van der Waals surface area (Å²) in [4.78, 5) is 0.